The Morgan fingerprint density at radius 1 is 1.14 bits per heavy atom. The van der Waals surface area contributed by atoms with Gasteiger partial charge >= 0.3 is 0 Å². The van der Waals surface area contributed by atoms with Crippen LogP contribution in [0.3, 0.4) is 0 Å². The molecule has 1 aromatic rings. The Morgan fingerprint density at radius 3 is 2.64 bits per heavy atom. The van der Waals surface area contributed by atoms with Gasteiger partial charge in [-0.3, -0.25) is 4.79 Å². The average Bonchev–Trinajstić information content (AvgIpc) is 3.42. The normalized spacial score (nSPS) is 21.3. The molecule has 1 aromatic carbocycles. The molecule has 0 radical (unpaired) electrons. The molecule has 4 heteroatoms. The second-order valence-corrected chi connectivity index (χ2v) is 6.70. The first-order chi connectivity index (χ1) is 10.8. The van der Waals surface area contributed by atoms with E-state index in [9.17, 15) is 4.79 Å². The number of ether oxygens (including phenoxy) is 2. The van der Waals surface area contributed by atoms with Crippen molar-refractivity contribution in [2.45, 2.75) is 38.0 Å². The van der Waals surface area contributed by atoms with E-state index in [-0.39, 0.29) is 5.91 Å². The SMILES string of the molecule is O=C(NCCC(c1ccc2c(c1)OCCO2)C1CC1)C1CC1. The van der Waals surface area contributed by atoms with Crippen LogP contribution in [-0.4, -0.2) is 25.7 Å². The van der Waals surface area contributed by atoms with Gasteiger partial charge in [-0.2, -0.15) is 0 Å². The predicted octanol–water partition coefficient (Wildman–Crippen LogP) is 2.87. The lowest BCUT2D eigenvalue weighted by Gasteiger charge is -2.22. The highest BCUT2D eigenvalue weighted by Crippen LogP contribution is 2.46. The molecule has 2 saturated carbocycles. The Hall–Kier alpha value is -1.71. The summed E-state index contributed by atoms with van der Waals surface area (Å²) in [7, 11) is 0. The number of hydrogen-bond acceptors (Lipinski definition) is 3. The van der Waals surface area contributed by atoms with Crippen molar-refractivity contribution in [1.82, 2.24) is 5.32 Å². The predicted molar refractivity (Wildman–Crippen MR) is 83.2 cm³/mol. The molecule has 1 unspecified atom stereocenters. The van der Waals surface area contributed by atoms with Gasteiger partial charge in [-0.05, 0) is 61.6 Å². The van der Waals surface area contributed by atoms with Crippen molar-refractivity contribution in [1.29, 1.82) is 0 Å². The fourth-order valence-electron chi connectivity index (χ4n) is 3.30. The second kappa shape index (κ2) is 5.82. The molecule has 1 atom stereocenters. The molecule has 4 rings (SSSR count). The molecule has 1 heterocycles. The first-order valence-electron chi connectivity index (χ1n) is 8.48. The number of rotatable bonds is 6. The lowest BCUT2D eigenvalue weighted by atomic mass is 9.90. The van der Waals surface area contributed by atoms with E-state index < -0.39 is 0 Å². The number of carbonyl (C=O) groups is 1. The van der Waals surface area contributed by atoms with Crippen molar-refractivity contribution in [2.24, 2.45) is 11.8 Å². The van der Waals surface area contributed by atoms with Crippen molar-refractivity contribution < 1.29 is 14.3 Å². The van der Waals surface area contributed by atoms with Crippen LogP contribution in [0.1, 0.15) is 43.6 Å². The van der Waals surface area contributed by atoms with Crippen LogP contribution in [0.2, 0.25) is 0 Å². The fraction of sp³-hybridized carbons (Fsp3) is 0.611. The maximum atomic E-state index is 11.8. The van der Waals surface area contributed by atoms with E-state index in [4.69, 9.17) is 9.47 Å². The lowest BCUT2D eigenvalue weighted by Crippen LogP contribution is -2.27. The summed E-state index contributed by atoms with van der Waals surface area (Å²) in [6.45, 7) is 2.04. The molecule has 118 valence electrons. The Labute approximate surface area is 131 Å². The van der Waals surface area contributed by atoms with Gasteiger partial charge in [-0.1, -0.05) is 6.07 Å². The third-order valence-corrected chi connectivity index (χ3v) is 4.89. The highest BCUT2D eigenvalue weighted by Gasteiger charge is 2.33. The van der Waals surface area contributed by atoms with Crippen LogP contribution in [0.25, 0.3) is 0 Å². The van der Waals surface area contributed by atoms with Gasteiger partial charge in [0, 0.05) is 12.5 Å². The first-order valence-corrected chi connectivity index (χ1v) is 8.48. The maximum Gasteiger partial charge on any atom is 0.223 e. The summed E-state index contributed by atoms with van der Waals surface area (Å²) >= 11 is 0. The third kappa shape index (κ3) is 3.06. The van der Waals surface area contributed by atoms with Gasteiger partial charge in [0.1, 0.15) is 13.2 Å². The standard InChI is InChI=1S/C18H23NO3/c20-18(13-3-4-13)19-8-7-15(12-1-2-12)14-5-6-16-17(11-14)22-10-9-21-16/h5-6,11-13,15H,1-4,7-10H2,(H,19,20). The smallest absolute Gasteiger partial charge is 0.223 e. The number of fused-ring (bicyclic) bond motifs is 1. The zero-order valence-electron chi connectivity index (χ0n) is 12.8. The summed E-state index contributed by atoms with van der Waals surface area (Å²) in [4.78, 5) is 11.8. The number of hydrogen-bond donors (Lipinski definition) is 1. The van der Waals surface area contributed by atoms with Crippen LogP contribution >= 0.6 is 0 Å². The molecule has 0 aromatic heterocycles. The largest absolute Gasteiger partial charge is 0.486 e. The van der Waals surface area contributed by atoms with Gasteiger partial charge in [0.2, 0.25) is 5.91 Å². The van der Waals surface area contributed by atoms with Gasteiger partial charge in [-0.25, -0.2) is 0 Å². The van der Waals surface area contributed by atoms with E-state index in [2.05, 4.69) is 17.4 Å². The van der Waals surface area contributed by atoms with Gasteiger partial charge in [0.05, 0.1) is 0 Å². The fourth-order valence-corrected chi connectivity index (χ4v) is 3.30. The molecular formula is C18H23NO3. The number of nitrogens with one attached hydrogen (secondary N) is 1. The Bertz CT molecular complexity index is 563. The second-order valence-electron chi connectivity index (χ2n) is 6.70. The maximum absolute atomic E-state index is 11.8. The summed E-state index contributed by atoms with van der Waals surface area (Å²) in [6.07, 6.45) is 5.76. The van der Waals surface area contributed by atoms with Gasteiger partial charge in [0.15, 0.2) is 11.5 Å². The van der Waals surface area contributed by atoms with E-state index in [0.717, 1.165) is 43.2 Å². The van der Waals surface area contributed by atoms with E-state index in [1.54, 1.807) is 0 Å². The van der Waals surface area contributed by atoms with E-state index in [1.165, 1.54) is 18.4 Å². The zero-order chi connectivity index (χ0) is 14.9. The molecule has 1 N–H and O–H groups in total. The Balaban J connectivity index is 1.41. The van der Waals surface area contributed by atoms with Crippen molar-refractivity contribution in [3.63, 3.8) is 0 Å². The molecular weight excluding hydrogens is 278 g/mol. The lowest BCUT2D eigenvalue weighted by molar-refractivity contribution is -0.122. The monoisotopic (exact) mass is 301 g/mol. The summed E-state index contributed by atoms with van der Waals surface area (Å²) < 4.78 is 11.3. The molecule has 0 bridgehead atoms. The molecule has 1 aliphatic heterocycles. The minimum atomic E-state index is 0.247. The number of carbonyl (C=O) groups excluding carboxylic acids is 1. The Kier molecular flexibility index (Phi) is 3.68. The molecule has 2 aliphatic carbocycles. The van der Waals surface area contributed by atoms with Crippen molar-refractivity contribution in [2.75, 3.05) is 19.8 Å². The number of amides is 1. The van der Waals surface area contributed by atoms with E-state index >= 15 is 0 Å². The minimum absolute atomic E-state index is 0.247. The number of benzene rings is 1. The topological polar surface area (TPSA) is 47.6 Å². The first kappa shape index (κ1) is 13.9. The molecule has 22 heavy (non-hydrogen) atoms. The van der Waals surface area contributed by atoms with Gasteiger partial charge < -0.3 is 14.8 Å². The quantitative estimate of drug-likeness (QED) is 0.879. The molecule has 0 saturated heterocycles. The van der Waals surface area contributed by atoms with E-state index in [0.29, 0.717) is 25.0 Å². The van der Waals surface area contributed by atoms with Crippen LogP contribution in [0.4, 0.5) is 0 Å². The van der Waals surface area contributed by atoms with Crippen LogP contribution in [0.5, 0.6) is 11.5 Å². The average molecular weight is 301 g/mol. The zero-order valence-corrected chi connectivity index (χ0v) is 12.8. The van der Waals surface area contributed by atoms with Crippen LogP contribution < -0.4 is 14.8 Å². The Morgan fingerprint density at radius 2 is 1.91 bits per heavy atom. The summed E-state index contributed by atoms with van der Waals surface area (Å²) in [5.41, 5.74) is 1.33. The van der Waals surface area contributed by atoms with E-state index in [1.807, 2.05) is 6.07 Å². The summed E-state index contributed by atoms with van der Waals surface area (Å²) in [5, 5.41) is 3.09. The molecule has 3 aliphatic rings. The van der Waals surface area contributed by atoms with Crippen LogP contribution in [0.15, 0.2) is 18.2 Å². The van der Waals surface area contributed by atoms with Crippen LogP contribution in [0, 0.1) is 11.8 Å². The minimum Gasteiger partial charge on any atom is -0.486 e. The highest BCUT2D eigenvalue weighted by atomic mass is 16.6. The molecule has 4 nitrogen and oxygen atoms in total. The van der Waals surface area contributed by atoms with Gasteiger partial charge in [-0.15, -0.1) is 0 Å². The molecule has 2 fully saturated rings. The van der Waals surface area contributed by atoms with Crippen molar-refractivity contribution in [3.8, 4) is 11.5 Å². The summed E-state index contributed by atoms with van der Waals surface area (Å²) in [6, 6.07) is 6.33. The molecule has 1 amide bonds. The van der Waals surface area contributed by atoms with Crippen molar-refractivity contribution >= 4 is 5.91 Å². The molecule has 0 spiro atoms. The van der Waals surface area contributed by atoms with Gasteiger partial charge in [0.25, 0.3) is 0 Å². The van der Waals surface area contributed by atoms with Crippen LogP contribution in [-0.2, 0) is 4.79 Å². The van der Waals surface area contributed by atoms with Crippen molar-refractivity contribution in [3.05, 3.63) is 23.8 Å². The third-order valence-electron chi connectivity index (χ3n) is 4.89. The highest BCUT2D eigenvalue weighted by molar-refractivity contribution is 5.80. The summed E-state index contributed by atoms with van der Waals surface area (Å²) in [5.74, 6) is 3.56.